The van der Waals surface area contributed by atoms with Crippen LogP contribution in [-0.2, 0) is 47.7 Å². The van der Waals surface area contributed by atoms with Crippen LogP contribution in [0.15, 0.2) is 33.8 Å². The first-order valence-corrected chi connectivity index (χ1v) is 22.4. The molecule has 3 aliphatic carbocycles. The number of nitrogens with one attached hydrogen (secondary N) is 4. The van der Waals surface area contributed by atoms with Gasteiger partial charge in [-0.15, -0.1) is 0 Å². The van der Waals surface area contributed by atoms with E-state index in [9.17, 15) is 33.6 Å². The number of allylic oxidation sites excluding steroid dienone is 6. The van der Waals surface area contributed by atoms with Crippen molar-refractivity contribution >= 4 is 40.8 Å². The van der Waals surface area contributed by atoms with Gasteiger partial charge in [-0.1, -0.05) is 41.5 Å². The van der Waals surface area contributed by atoms with E-state index in [1.165, 1.54) is 0 Å². The number of rotatable bonds is 22. The number of ether oxygens (including phenoxy) is 4. The van der Waals surface area contributed by atoms with Crippen molar-refractivity contribution in [3.05, 3.63) is 33.8 Å². The van der Waals surface area contributed by atoms with E-state index in [2.05, 4.69) is 21.3 Å². The fraction of sp³-hybridized carbons (Fsp3) is 0.729. The maximum absolute atomic E-state index is 13.3. The quantitative estimate of drug-likeness (QED) is 0.0565. The van der Waals surface area contributed by atoms with Gasteiger partial charge >= 0.3 is 6.09 Å². The highest BCUT2D eigenvalue weighted by molar-refractivity contribution is 6.24. The topological polar surface area (TPSA) is 205 Å². The first-order chi connectivity index (χ1) is 29.2. The number of ketones is 6. The number of Topliss-reactive ketones (excluding diaryl/α,β-unsaturated/α-hetero) is 6. The Morgan fingerprint density at radius 3 is 0.984 bits per heavy atom. The lowest BCUT2D eigenvalue weighted by Crippen LogP contribution is -2.59. The largest absolute Gasteiger partial charge is 0.444 e. The van der Waals surface area contributed by atoms with Gasteiger partial charge in [-0.2, -0.15) is 0 Å². The Labute approximate surface area is 375 Å². The van der Waals surface area contributed by atoms with Gasteiger partial charge in [0.05, 0.1) is 36.5 Å². The molecule has 3 rings (SSSR count). The molecule has 0 aliphatic heterocycles. The van der Waals surface area contributed by atoms with Crippen molar-refractivity contribution in [1.29, 1.82) is 0 Å². The molecular formula is C48H76N4O11. The first kappa shape index (κ1) is 53.1. The van der Waals surface area contributed by atoms with E-state index in [-0.39, 0.29) is 107 Å². The van der Waals surface area contributed by atoms with Crippen molar-refractivity contribution in [1.82, 2.24) is 21.3 Å². The van der Waals surface area contributed by atoms with E-state index in [0.29, 0.717) is 94.5 Å². The van der Waals surface area contributed by atoms with Crippen LogP contribution in [0.2, 0.25) is 0 Å². The van der Waals surface area contributed by atoms with Crippen LogP contribution in [0.5, 0.6) is 0 Å². The summed E-state index contributed by atoms with van der Waals surface area (Å²) in [6, 6.07) is 0. The van der Waals surface area contributed by atoms with Crippen molar-refractivity contribution in [2.45, 2.75) is 152 Å². The average Bonchev–Trinajstić information content (AvgIpc) is 3.09. The molecule has 1 amide bonds. The van der Waals surface area contributed by atoms with Gasteiger partial charge in [0.25, 0.3) is 0 Å². The standard InChI is InChI=1S/C48H76N4O11/c1-31(40-34(53)22-45(7,8)23-35(40)54)49-16-13-19-60-28-48(52-43(59)63-44(4,5)6,29-61-20-14-17-50-32(2)41-36(55)24-46(9,10)25-37(41)56)30-62-21-15-18-51-33(3)42-38(57)26-47(11,12)27-39(42)58/h49-51H,13-30H2,1-12H3,(H,52,59). The molecule has 15 heteroatoms. The molecule has 4 N–H and O–H groups in total. The molecule has 0 radical (unpaired) electrons. The van der Waals surface area contributed by atoms with Crippen LogP contribution in [0.1, 0.15) is 141 Å². The Hall–Kier alpha value is -4.21. The number of carbonyl (C=O) groups is 7. The first-order valence-electron chi connectivity index (χ1n) is 22.4. The third-order valence-corrected chi connectivity index (χ3v) is 11.1. The number of hydrogen-bond donors (Lipinski definition) is 4. The highest BCUT2D eigenvalue weighted by atomic mass is 16.6. The molecule has 0 unspecified atom stereocenters. The second-order valence-corrected chi connectivity index (χ2v) is 21.0. The van der Waals surface area contributed by atoms with Crippen LogP contribution in [0.4, 0.5) is 4.79 Å². The van der Waals surface area contributed by atoms with E-state index in [4.69, 9.17) is 18.9 Å². The van der Waals surface area contributed by atoms with E-state index in [1.54, 1.807) is 41.5 Å². The summed E-state index contributed by atoms with van der Waals surface area (Å²) in [4.78, 5) is 90.0. The molecule has 0 saturated heterocycles. The molecule has 3 aliphatic rings. The smallest absolute Gasteiger partial charge is 0.408 e. The summed E-state index contributed by atoms with van der Waals surface area (Å²) in [5.41, 5.74) is -0.720. The molecule has 0 atom stereocenters. The van der Waals surface area contributed by atoms with Crippen molar-refractivity contribution < 1.29 is 52.5 Å². The molecule has 0 heterocycles. The molecule has 0 spiro atoms. The summed E-state index contributed by atoms with van der Waals surface area (Å²) >= 11 is 0. The zero-order chi connectivity index (χ0) is 47.4. The van der Waals surface area contributed by atoms with Gasteiger partial charge in [0.2, 0.25) is 0 Å². The SMILES string of the molecule is CC(NCCCOCC(COCCCNC(C)=C1C(=O)CC(C)(C)CC1=O)(COCCCNC(C)=C1C(=O)CC(C)(C)CC1=O)NC(=O)OC(C)(C)C)=C1C(=O)CC(C)(C)CC1=O. The Morgan fingerprint density at radius 1 is 0.492 bits per heavy atom. The molecule has 3 fully saturated rings. The van der Waals surface area contributed by atoms with Crippen molar-refractivity contribution in [3.8, 4) is 0 Å². The minimum absolute atomic E-state index is 0.00752. The van der Waals surface area contributed by atoms with Crippen molar-refractivity contribution in [3.63, 3.8) is 0 Å². The summed E-state index contributed by atoms with van der Waals surface area (Å²) < 4.78 is 24.1. The Morgan fingerprint density at radius 2 is 0.746 bits per heavy atom. The van der Waals surface area contributed by atoms with Crippen LogP contribution in [0.3, 0.4) is 0 Å². The molecule has 63 heavy (non-hydrogen) atoms. The lowest BCUT2D eigenvalue weighted by atomic mass is 9.73. The number of hydrogen-bond acceptors (Lipinski definition) is 14. The van der Waals surface area contributed by atoms with E-state index < -0.39 is 17.2 Å². The van der Waals surface area contributed by atoms with Gasteiger partial charge in [-0.3, -0.25) is 28.8 Å². The van der Waals surface area contributed by atoms with E-state index >= 15 is 0 Å². The molecule has 15 nitrogen and oxygen atoms in total. The second-order valence-electron chi connectivity index (χ2n) is 21.0. The zero-order valence-electron chi connectivity index (χ0n) is 40.2. The highest BCUT2D eigenvalue weighted by Crippen LogP contribution is 2.36. The molecule has 0 aromatic heterocycles. The van der Waals surface area contributed by atoms with Crippen molar-refractivity contribution in [2.24, 2.45) is 16.2 Å². The minimum Gasteiger partial charge on any atom is -0.444 e. The van der Waals surface area contributed by atoms with Gasteiger partial charge in [0.1, 0.15) is 11.1 Å². The highest BCUT2D eigenvalue weighted by Gasteiger charge is 2.40. The third kappa shape index (κ3) is 17.4. The molecule has 354 valence electrons. The zero-order valence-corrected chi connectivity index (χ0v) is 40.2. The van der Waals surface area contributed by atoms with Crippen LogP contribution in [0, 0.1) is 16.2 Å². The lowest BCUT2D eigenvalue weighted by molar-refractivity contribution is -0.129. The van der Waals surface area contributed by atoms with Crippen LogP contribution in [0.25, 0.3) is 0 Å². The molecule has 0 aromatic carbocycles. The molecule has 3 saturated carbocycles. The maximum Gasteiger partial charge on any atom is 0.408 e. The molecule has 0 aromatic rings. The molecule has 0 bridgehead atoms. The Bertz CT molecular complexity index is 1580. The van der Waals surface area contributed by atoms with Gasteiger partial charge in [-0.05, 0) is 77.0 Å². The third-order valence-electron chi connectivity index (χ3n) is 11.1. The van der Waals surface area contributed by atoms with Gasteiger partial charge < -0.3 is 40.2 Å². The summed E-state index contributed by atoms with van der Waals surface area (Å²) in [5.74, 6) is -0.925. The summed E-state index contributed by atoms with van der Waals surface area (Å²) in [6.45, 7) is 24.1. The second kappa shape index (κ2) is 22.6. The van der Waals surface area contributed by atoms with Crippen LogP contribution >= 0.6 is 0 Å². The average molecular weight is 885 g/mol. The normalized spacial score (nSPS) is 19.0. The molecular weight excluding hydrogens is 809 g/mol. The maximum atomic E-state index is 13.3. The fourth-order valence-electron chi connectivity index (χ4n) is 8.22. The van der Waals surface area contributed by atoms with Crippen molar-refractivity contribution in [2.75, 3.05) is 59.3 Å². The number of alkyl carbamates (subject to hydrolysis) is 1. The van der Waals surface area contributed by atoms with Gasteiger partial charge in [0.15, 0.2) is 34.7 Å². The fourth-order valence-corrected chi connectivity index (χ4v) is 8.22. The van der Waals surface area contributed by atoms with E-state index in [1.807, 2.05) is 41.5 Å². The predicted octanol–water partition coefficient (Wildman–Crippen LogP) is 5.94. The summed E-state index contributed by atoms with van der Waals surface area (Å²) in [5, 5.41) is 12.6. The van der Waals surface area contributed by atoms with E-state index in [0.717, 1.165) is 0 Å². The lowest BCUT2D eigenvalue weighted by Gasteiger charge is -2.35. The Kier molecular flexibility index (Phi) is 19.1. The Balaban J connectivity index is 1.67. The number of carbonyl (C=O) groups excluding carboxylic acids is 7. The summed E-state index contributed by atoms with van der Waals surface area (Å²) in [7, 11) is 0. The minimum atomic E-state index is -1.19. The number of amides is 1. The predicted molar refractivity (Wildman–Crippen MR) is 240 cm³/mol. The summed E-state index contributed by atoms with van der Waals surface area (Å²) in [6.07, 6.45) is 2.78. The van der Waals surface area contributed by atoms with Gasteiger partial charge in [0, 0.05) is 95.1 Å². The van der Waals surface area contributed by atoms with Gasteiger partial charge in [-0.25, -0.2) is 4.79 Å². The van der Waals surface area contributed by atoms with Crippen LogP contribution < -0.4 is 21.3 Å². The monoisotopic (exact) mass is 885 g/mol. The van der Waals surface area contributed by atoms with Crippen LogP contribution in [-0.4, -0.2) is 111 Å².